The van der Waals surface area contributed by atoms with E-state index >= 15 is 0 Å². The third-order valence-corrected chi connectivity index (χ3v) is 4.04. The molecule has 0 radical (unpaired) electrons. The standard InChI is InChI=1S/C18H24N2O/c1-14-9-10-16(8-6-11-19)17(13-14)18(21)20-12-5-3-4-7-15(20)2/h9-10,13,15H,3-5,7,11-12,19H2,1-2H3. The maximum absolute atomic E-state index is 12.9. The molecular weight excluding hydrogens is 260 g/mol. The van der Waals surface area contributed by atoms with Crippen LogP contribution in [0.15, 0.2) is 18.2 Å². The largest absolute Gasteiger partial charge is 0.336 e. The summed E-state index contributed by atoms with van der Waals surface area (Å²) in [7, 11) is 0. The molecule has 0 aromatic heterocycles. The molecule has 1 amide bonds. The zero-order valence-electron chi connectivity index (χ0n) is 13.0. The molecule has 2 rings (SSSR count). The number of hydrogen-bond donors (Lipinski definition) is 1. The topological polar surface area (TPSA) is 46.3 Å². The normalized spacial score (nSPS) is 18.6. The molecule has 3 heteroatoms. The number of nitrogens with two attached hydrogens (primary N) is 1. The minimum absolute atomic E-state index is 0.106. The van der Waals surface area contributed by atoms with E-state index in [2.05, 4.69) is 18.8 Å². The van der Waals surface area contributed by atoms with Crippen molar-refractivity contribution in [2.24, 2.45) is 5.73 Å². The monoisotopic (exact) mass is 284 g/mol. The van der Waals surface area contributed by atoms with Gasteiger partial charge in [-0.15, -0.1) is 0 Å². The van der Waals surface area contributed by atoms with Gasteiger partial charge in [0.1, 0.15) is 0 Å². The molecule has 1 heterocycles. The van der Waals surface area contributed by atoms with Crippen LogP contribution in [0.25, 0.3) is 0 Å². The third-order valence-electron chi connectivity index (χ3n) is 4.04. The molecule has 1 unspecified atom stereocenters. The lowest BCUT2D eigenvalue weighted by Crippen LogP contribution is -2.38. The summed E-state index contributed by atoms with van der Waals surface area (Å²) in [5.41, 5.74) is 8.03. The van der Waals surface area contributed by atoms with Crippen LogP contribution in [-0.4, -0.2) is 29.9 Å². The molecule has 1 aliphatic heterocycles. The van der Waals surface area contributed by atoms with E-state index in [1.165, 1.54) is 12.8 Å². The Kier molecular flexibility index (Phi) is 5.41. The van der Waals surface area contributed by atoms with Crippen LogP contribution in [0.3, 0.4) is 0 Å². The Balaban J connectivity index is 2.34. The fourth-order valence-electron chi connectivity index (χ4n) is 2.82. The first kappa shape index (κ1) is 15.6. The first-order valence-corrected chi connectivity index (χ1v) is 7.74. The van der Waals surface area contributed by atoms with E-state index in [-0.39, 0.29) is 5.91 Å². The highest BCUT2D eigenvalue weighted by molar-refractivity contribution is 5.97. The second-order valence-electron chi connectivity index (χ2n) is 5.75. The van der Waals surface area contributed by atoms with Crippen LogP contribution in [0.1, 0.15) is 54.1 Å². The van der Waals surface area contributed by atoms with Gasteiger partial charge < -0.3 is 10.6 Å². The van der Waals surface area contributed by atoms with Crippen molar-refractivity contribution in [3.8, 4) is 11.8 Å². The van der Waals surface area contributed by atoms with E-state index in [1.807, 2.05) is 30.0 Å². The summed E-state index contributed by atoms with van der Waals surface area (Å²) < 4.78 is 0. The molecule has 0 bridgehead atoms. The SMILES string of the molecule is Cc1ccc(C#CCN)c(C(=O)N2CCCCCC2C)c1. The molecule has 1 atom stereocenters. The quantitative estimate of drug-likeness (QED) is 0.806. The molecule has 3 nitrogen and oxygen atoms in total. The predicted molar refractivity (Wildman–Crippen MR) is 86.1 cm³/mol. The number of carbonyl (C=O) groups excluding carboxylic acids is 1. The van der Waals surface area contributed by atoms with Gasteiger partial charge in [0.05, 0.1) is 12.1 Å². The highest BCUT2D eigenvalue weighted by atomic mass is 16.2. The molecule has 0 saturated carbocycles. The van der Waals surface area contributed by atoms with Crippen molar-refractivity contribution < 1.29 is 4.79 Å². The molecule has 21 heavy (non-hydrogen) atoms. The Morgan fingerprint density at radius 1 is 1.38 bits per heavy atom. The Labute approximate surface area is 127 Å². The van der Waals surface area contributed by atoms with Crippen LogP contribution in [0.5, 0.6) is 0 Å². The van der Waals surface area contributed by atoms with Gasteiger partial charge in [-0.2, -0.15) is 0 Å². The molecule has 1 aliphatic rings. The third kappa shape index (κ3) is 3.86. The van der Waals surface area contributed by atoms with Gasteiger partial charge in [0, 0.05) is 18.2 Å². The van der Waals surface area contributed by atoms with Gasteiger partial charge in [0.2, 0.25) is 0 Å². The Morgan fingerprint density at radius 2 is 2.19 bits per heavy atom. The van der Waals surface area contributed by atoms with E-state index in [4.69, 9.17) is 5.73 Å². The number of amides is 1. The second-order valence-corrected chi connectivity index (χ2v) is 5.75. The van der Waals surface area contributed by atoms with Gasteiger partial charge >= 0.3 is 0 Å². The summed E-state index contributed by atoms with van der Waals surface area (Å²) in [6, 6.07) is 6.16. The van der Waals surface area contributed by atoms with Gasteiger partial charge in [-0.25, -0.2) is 0 Å². The van der Waals surface area contributed by atoms with Gasteiger partial charge in [-0.1, -0.05) is 36.3 Å². The van der Waals surface area contributed by atoms with Gasteiger partial charge in [-0.05, 0) is 38.8 Å². The number of carbonyl (C=O) groups is 1. The summed E-state index contributed by atoms with van der Waals surface area (Å²) in [5, 5.41) is 0. The maximum atomic E-state index is 12.9. The van der Waals surface area contributed by atoms with Crippen molar-refractivity contribution in [3.05, 3.63) is 34.9 Å². The van der Waals surface area contributed by atoms with Crippen LogP contribution in [-0.2, 0) is 0 Å². The molecular formula is C18H24N2O. The average molecular weight is 284 g/mol. The number of benzene rings is 1. The highest BCUT2D eigenvalue weighted by Crippen LogP contribution is 2.21. The van der Waals surface area contributed by atoms with E-state index in [1.54, 1.807) is 0 Å². The fraction of sp³-hybridized carbons (Fsp3) is 0.500. The van der Waals surface area contributed by atoms with Crippen LogP contribution in [0.2, 0.25) is 0 Å². The highest BCUT2D eigenvalue weighted by Gasteiger charge is 2.24. The van der Waals surface area contributed by atoms with Gasteiger partial charge in [0.15, 0.2) is 0 Å². The minimum atomic E-state index is 0.106. The van der Waals surface area contributed by atoms with Crippen LogP contribution in [0, 0.1) is 18.8 Å². The first-order chi connectivity index (χ1) is 10.1. The smallest absolute Gasteiger partial charge is 0.255 e. The molecule has 0 spiro atoms. The van der Waals surface area contributed by atoms with Crippen molar-refractivity contribution in [1.82, 2.24) is 4.90 Å². The molecule has 112 valence electrons. The lowest BCUT2D eigenvalue weighted by Gasteiger charge is -2.27. The second kappa shape index (κ2) is 7.28. The zero-order chi connectivity index (χ0) is 15.2. The van der Waals surface area contributed by atoms with Crippen LogP contribution < -0.4 is 5.73 Å². The van der Waals surface area contributed by atoms with E-state index in [0.29, 0.717) is 18.2 Å². The van der Waals surface area contributed by atoms with E-state index in [0.717, 1.165) is 30.5 Å². The van der Waals surface area contributed by atoms with Crippen molar-refractivity contribution in [2.75, 3.05) is 13.1 Å². The fourth-order valence-corrected chi connectivity index (χ4v) is 2.82. The number of nitrogens with zero attached hydrogens (tertiary/aromatic N) is 1. The lowest BCUT2D eigenvalue weighted by molar-refractivity contribution is 0.0697. The van der Waals surface area contributed by atoms with Crippen LogP contribution in [0.4, 0.5) is 0 Å². The van der Waals surface area contributed by atoms with Gasteiger partial charge in [0.25, 0.3) is 5.91 Å². The van der Waals surface area contributed by atoms with Crippen molar-refractivity contribution in [2.45, 2.75) is 45.6 Å². The predicted octanol–water partition coefficient (Wildman–Crippen LogP) is 2.71. The summed E-state index contributed by atoms with van der Waals surface area (Å²) in [5.74, 6) is 5.99. The molecule has 0 aliphatic carbocycles. The molecule has 1 aromatic carbocycles. The van der Waals surface area contributed by atoms with Gasteiger partial charge in [-0.3, -0.25) is 4.79 Å². The summed E-state index contributed by atoms with van der Waals surface area (Å²) >= 11 is 0. The lowest BCUT2D eigenvalue weighted by atomic mass is 10.0. The summed E-state index contributed by atoms with van der Waals surface area (Å²) in [6.45, 7) is 5.30. The van der Waals surface area contributed by atoms with E-state index < -0.39 is 0 Å². The number of rotatable bonds is 1. The van der Waals surface area contributed by atoms with Crippen molar-refractivity contribution in [1.29, 1.82) is 0 Å². The van der Waals surface area contributed by atoms with Crippen molar-refractivity contribution >= 4 is 5.91 Å². The molecule has 1 fully saturated rings. The average Bonchev–Trinajstić information content (AvgIpc) is 2.70. The number of aryl methyl sites for hydroxylation is 1. The molecule has 1 aromatic rings. The Hall–Kier alpha value is -1.79. The van der Waals surface area contributed by atoms with E-state index in [9.17, 15) is 4.79 Å². The summed E-state index contributed by atoms with van der Waals surface area (Å²) in [6.07, 6.45) is 4.59. The molecule has 2 N–H and O–H groups in total. The van der Waals surface area contributed by atoms with Crippen LogP contribution >= 0.6 is 0 Å². The first-order valence-electron chi connectivity index (χ1n) is 7.74. The van der Waals surface area contributed by atoms with Crippen molar-refractivity contribution in [3.63, 3.8) is 0 Å². The molecule has 1 saturated heterocycles. The summed E-state index contributed by atoms with van der Waals surface area (Å²) in [4.78, 5) is 14.9. The number of hydrogen-bond acceptors (Lipinski definition) is 2. The maximum Gasteiger partial charge on any atom is 0.255 e. The minimum Gasteiger partial charge on any atom is -0.336 e. The zero-order valence-corrected chi connectivity index (χ0v) is 13.0. The Morgan fingerprint density at radius 3 is 2.95 bits per heavy atom. The number of likely N-dealkylation sites (tertiary alicyclic amines) is 1. The Bertz CT molecular complexity index is 568.